The van der Waals surface area contributed by atoms with Crippen LogP contribution in [-0.2, 0) is 9.84 Å². The maximum absolute atomic E-state index is 12.3. The summed E-state index contributed by atoms with van der Waals surface area (Å²) >= 11 is 0. The standard InChI is InChI=1S/C16H33NO2S/c1-15(2,3)20(18,19)10-8-13-11-16(4,5)9-7-14(13)12-17-6/h13-14,17H,7-12H2,1-6H3. The van der Waals surface area contributed by atoms with E-state index in [1.165, 1.54) is 12.8 Å². The average molecular weight is 304 g/mol. The molecule has 20 heavy (non-hydrogen) atoms. The minimum Gasteiger partial charge on any atom is -0.319 e. The Hall–Kier alpha value is -0.0900. The second-order valence-electron chi connectivity index (χ2n) is 8.20. The van der Waals surface area contributed by atoms with Gasteiger partial charge in [0.1, 0.15) is 0 Å². The predicted molar refractivity (Wildman–Crippen MR) is 86.7 cm³/mol. The van der Waals surface area contributed by atoms with Crippen molar-refractivity contribution in [2.75, 3.05) is 19.3 Å². The largest absolute Gasteiger partial charge is 0.319 e. The van der Waals surface area contributed by atoms with Gasteiger partial charge in [0.05, 0.1) is 10.5 Å². The van der Waals surface area contributed by atoms with Crippen molar-refractivity contribution in [2.24, 2.45) is 17.3 Å². The Morgan fingerprint density at radius 1 is 1.20 bits per heavy atom. The third-order valence-corrected chi connectivity index (χ3v) is 7.47. The Morgan fingerprint density at radius 3 is 2.30 bits per heavy atom. The fourth-order valence-corrected chi connectivity index (χ4v) is 4.50. The summed E-state index contributed by atoms with van der Waals surface area (Å²) in [5.41, 5.74) is 0.362. The molecule has 3 nitrogen and oxygen atoms in total. The lowest BCUT2D eigenvalue weighted by Gasteiger charge is -2.41. The van der Waals surface area contributed by atoms with Crippen LogP contribution >= 0.6 is 0 Å². The van der Waals surface area contributed by atoms with Gasteiger partial charge >= 0.3 is 0 Å². The van der Waals surface area contributed by atoms with E-state index < -0.39 is 14.6 Å². The Balaban J connectivity index is 2.71. The highest BCUT2D eigenvalue weighted by Gasteiger charge is 2.36. The van der Waals surface area contributed by atoms with E-state index in [-0.39, 0.29) is 0 Å². The van der Waals surface area contributed by atoms with Gasteiger partial charge in [-0.2, -0.15) is 0 Å². The van der Waals surface area contributed by atoms with Crippen molar-refractivity contribution in [2.45, 2.75) is 65.0 Å². The van der Waals surface area contributed by atoms with Crippen LogP contribution in [0.4, 0.5) is 0 Å². The van der Waals surface area contributed by atoms with Crippen molar-refractivity contribution in [1.82, 2.24) is 5.32 Å². The minimum atomic E-state index is -2.99. The lowest BCUT2D eigenvalue weighted by atomic mass is 9.66. The zero-order chi connectivity index (χ0) is 15.6. The van der Waals surface area contributed by atoms with Gasteiger partial charge in [-0.1, -0.05) is 13.8 Å². The van der Waals surface area contributed by atoms with Crippen LogP contribution in [0, 0.1) is 17.3 Å². The highest BCUT2D eigenvalue weighted by atomic mass is 32.2. The van der Waals surface area contributed by atoms with E-state index in [0.29, 0.717) is 23.0 Å². The van der Waals surface area contributed by atoms with Crippen LogP contribution in [0.3, 0.4) is 0 Å². The van der Waals surface area contributed by atoms with E-state index in [4.69, 9.17) is 0 Å². The zero-order valence-corrected chi connectivity index (χ0v) is 14.9. The fraction of sp³-hybridized carbons (Fsp3) is 1.00. The van der Waals surface area contributed by atoms with Gasteiger partial charge in [-0.15, -0.1) is 0 Å². The van der Waals surface area contributed by atoms with Crippen molar-refractivity contribution in [3.05, 3.63) is 0 Å². The molecule has 0 spiro atoms. The Kier molecular flexibility index (Phi) is 5.70. The quantitative estimate of drug-likeness (QED) is 0.848. The monoisotopic (exact) mass is 303 g/mol. The highest BCUT2D eigenvalue weighted by Crippen LogP contribution is 2.43. The van der Waals surface area contributed by atoms with Crippen molar-refractivity contribution in [3.63, 3.8) is 0 Å². The first kappa shape index (κ1) is 18.0. The van der Waals surface area contributed by atoms with Crippen molar-refractivity contribution >= 4 is 9.84 Å². The van der Waals surface area contributed by atoms with Crippen LogP contribution < -0.4 is 5.32 Å². The van der Waals surface area contributed by atoms with E-state index in [9.17, 15) is 8.42 Å². The maximum Gasteiger partial charge on any atom is 0.155 e. The molecule has 1 rings (SSSR count). The molecule has 0 bridgehead atoms. The summed E-state index contributed by atoms with van der Waals surface area (Å²) in [6, 6.07) is 0. The Morgan fingerprint density at radius 2 is 1.80 bits per heavy atom. The fourth-order valence-electron chi connectivity index (χ4n) is 3.27. The van der Waals surface area contributed by atoms with E-state index in [0.717, 1.165) is 19.4 Å². The maximum atomic E-state index is 12.3. The van der Waals surface area contributed by atoms with Gasteiger partial charge in [0.15, 0.2) is 9.84 Å². The molecule has 0 heterocycles. The molecule has 1 aliphatic rings. The lowest BCUT2D eigenvalue weighted by molar-refractivity contribution is 0.115. The molecular weight excluding hydrogens is 270 g/mol. The summed E-state index contributed by atoms with van der Waals surface area (Å²) in [4.78, 5) is 0. The van der Waals surface area contributed by atoms with E-state index >= 15 is 0 Å². The summed E-state index contributed by atoms with van der Waals surface area (Å²) in [7, 11) is -1.00. The summed E-state index contributed by atoms with van der Waals surface area (Å²) < 4.78 is 24.0. The van der Waals surface area contributed by atoms with Gasteiger partial charge in [-0.3, -0.25) is 0 Å². The molecule has 1 fully saturated rings. The lowest BCUT2D eigenvalue weighted by Crippen LogP contribution is -2.37. The topological polar surface area (TPSA) is 46.2 Å². The zero-order valence-electron chi connectivity index (χ0n) is 14.1. The number of hydrogen-bond acceptors (Lipinski definition) is 3. The molecule has 0 amide bonds. The number of nitrogens with one attached hydrogen (secondary N) is 1. The first-order valence-electron chi connectivity index (χ1n) is 7.85. The summed E-state index contributed by atoms with van der Waals surface area (Å²) in [5, 5.41) is 3.27. The predicted octanol–water partition coefficient (Wildman–Crippen LogP) is 3.25. The van der Waals surface area contributed by atoms with Crippen LogP contribution in [0.15, 0.2) is 0 Å². The van der Waals surface area contributed by atoms with Crippen LogP contribution in [0.25, 0.3) is 0 Å². The Bertz CT molecular complexity index is 407. The second kappa shape index (κ2) is 6.35. The molecule has 0 aromatic carbocycles. The van der Waals surface area contributed by atoms with Crippen molar-refractivity contribution < 1.29 is 8.42 Å². The first-order valence-corrected chi connectivity index (χ1v) is 9.51. The van der Waals surface area contributed by atoms with Crippen molar-refractivity contribution in [1.29, 1.82) is 0 Å². The highest BCUT2D eigenvalue weighted by molar-refractivity contribution is 7.92. The summed E-state index contributed by atoms with van der Waals surface area (Å²) in [5.74, 6) is 1.49. The molecule has 0 aromatic rings. The smallest absolute Gasteiger partial charge is 0.155 e. The van der Waals surface area contributed by atoms with Gasteiger partial charge in [0.2, 0.25) is 0 Å². The van der Waals surface area contributed by atoms with E-state index in [1.54, 1.807) is 20.8 Å². The third-order valence-electron chi connectivity index (χ3n) is 4.83. The van der Waals surface area contributed by atoms with Gasteiger partial charge in [0.25, 0.3) is 0 Å². The van der Waals surface area contributed by atoms with Gasteiger partial charge < -0.3 is 5.32 Å². The normalized spacial score (nSPS) is 27.5. The average Bonchev–Trinajstić information content (AvgIpc) is 2.28. The first-order chi connectivity index (χ1) is 8.98. The van der Waals surface area contributed by atoms with Crippen LogP contribution in [-0.4, -0.2) is 32.5 Å². The molecule has 1 N–H and O–H groups in total. The number of sulfone groups is 1. The second-order valence-corrected chi connectivity index (χ2v) is 11.1. The summed E-state index contributed by atoms with van der Waals surface area (Å²) in [6.07, 6.45) is 4.43. The van der Waals surface area contributed by atoms with Crippen LogP contribution in [0.5, 0.6) is 0 Å². The Labute approximate surface area is 125 Å². The van der Waals surface area contributed by atoms with Gasteiger partial charge in [-0.25, -0.2) is 8.42 Å². The van der Waals surface area contributed by atoms with Crippen molar-refractivity contribution in [3.8, 4) is 0 Å². The minimum absolute atomic E-state index is 0.331. The molecule has 2 atom stereocenters. The molecule has 0 radical (unpaired) electrons. The summed E-state index contributed by atoms with van der Waals surface area (Å²) in [6.45, 7) is 11.0. The molecule has 0 aromatic heterocycles. The molecule has 1 saturated carbocycles. The molecule has 2 unspecified atom stereocenters. The molecule has 1 aliphatic carbocycles. The molecule has 0 aliphatic heterocycles. The molecule has 120 valence electrons. The van der Waals surface area contributed by atoms with Crippen LogP contribution in [0.2, 0.25) is 0 Å². The van der Waals surface area contributed by atoms with Gasteiger partial charge in [0, 0.05) is 0 Å². The van der Waals surface area contributed by atoms with E-state index in [2.05, 4.69) is 19.2 Å². The third kappa shape index (κ3) is 4.73. The molecule has 0 saturated heterocycles. The van der Waals surface area contributed by atoms with Gasteiger partial charge in [-0.05, 0) is 77.3 Å². The molecular formula is C16H33NO2S. The van der Waals surface area contributed by atoms with Crippen LogP contribution in [0.1, 0.15) is 60.3 Å². The molecule has 4 heteroatoms. The van der Waals surface area contributed by atoms with E-state index in [1.807, 2.05) is 7.05 Å². The number of rotatable bonds is 5. The SMILES string of the molecule is CNCC1CCC(C)(C)CC1CCS(=O)(=O)C(C)(C)C. The number of hydrogen-bond donors (Lipinski definition) is 1.